The van der Waals surface area contributed by atoms with Gasteiger partial charge in [0.15, 0.2) is 11.5 Å². The molecule has 0 radical (unpaired) electrons. The van der Waals surface area contributed by atoms with Gasteiger partial charge in [0.05, 0.1) is 18.1 Å². The highest BCUT2D eigenvalue weighted by Crippen LogP contribution is 2.36. The number of amides is 2. The largest absolute Gasteiger partial charge is 0.493 e. The molecule has 2 rings (SSSR count). The fourth-order valence-corrected chi connectivity index (χ4v) is 5.08. The third-order valence-electron chi connectivity index (χ3n) is 5.61. The number of primary amides is 1. The summed E-state index contributed by atoms with van der Waals surface area (Å²) < 4.78 is 11.7. The maximum atomic E-state index is 13.0. The SMILES string of the molecule is CCCCCCCC(C)Oc1ccc(C=C2SC(=S)N(C(CCC(N)=O)C(=O)O)C2=O)cc1OC. The van der Waals surface area contributed by atoms with Gasteiger partial charge >= 0.3 is 5.97 Å². The molecule has 8 nitrogen and oxygen atoms in total. The number of benzene rings is 1. The molecule has 10 heteroatoms. The molecule has 0 saturated carbocycles. The van der Waals surface area contributed by atoms with Gasteiger partial charge in [-0.2, -0.15) is 0 Å². The number of nitrogens with zero attached hydrogens (tertiary/aromatic N) is 1. The zero-order valence-electron chi connectivity index (χ0n) is 20.5. The fraction of sp³-hybridized carbons (Fsp3) is 0.520. The molecule has 2 unspecified atom stereocenters. The normalized spacial score (nSPS) is 16.4. The van der Waals surface area contributed by atoms with Gasteiger partial charge in [-0.05, 0) is 50.0 Å². The predicted molar refractivity (Wildman–Crippen MR) is 141 cm³/mol. The van der Waals surface area contributed by atoms with Crippen molar-refractivity contribution in [2.45, 2.75) is 77.4 Å². The highest BCUT2D eigenvalue weighted by atomic mass is 32.2. The van der Waals surface area contributed by atoms with Crippen molar-refractivity contribution in [1.29, 1.82) is 0 Å². The molecule has 1 aliphatic heterocycles. The van der Waals surface area contributed by atoms with E-state index in [1.54, 1.807) is 31.4 Å². The Morgan fingerprint density at radius 1 is 1.20 bits per heavy atom. The standard InChI is InChI=1S/C25H34N2O6S2/c1-4-5-6-7-8-9-16(2)33-19-12-10-17(14-20(19)32-3)15-21-23(29)27(25(34)35-21)18(24(30)31)11-13-22(26)28/h10,12,14-16,18H,4-9,11,13H2,1-3H3,(H2,26,28)(H,30,31). The molecule has 0 aliphatic carbocycles. The summed E-state index contributed by atoms with van der Waals surface area (Å²) in [6, 6.07) is 4.11. The molecular weight excluding hydrogens is 488 g/mol. The maximum absolute atomic E-state index is 13.0. The first-order valence-electron chi connectivity index (χ1n) is 11.8. The molecule has 1 heterocycles. The smallest absolute Gasteiger partial charge is 0.326 e. The number of hydrogen-bond donors (Lipinski definition) is 2. The number of unbranched alkanes of at least 4 members (excludes halogenated alkanes) is 4. The van der Waals surface area contributed by atoms with Crippen LogP contribution in [0.5, 0.6) is 11.5 Å². The van der Waals surface area contributed by atoms with E-state index in [9.17, 15) is 19.5 Å². The van der Waals surface area contributed by atoms with Gasteiger partial charge in [0.25, 0.3) is 5.91 Å². The monoisotopic (exact) mass is 522 g/mol. The molecule has 0 bridgehead atoms. The molecule has 2 amide bonds. The molecule has 1 aromatic carbocycles. The van der Waals surface area contributed by atoms with Gasteiger partial charge in [-0.15, -0.1) is 0 Å². The second kappa shape index (κ2) is 14.1. The molecule has 1 aliphatic rings. The number of thioether (sulfide) groups is 1. The quantitative estimate of drug-likeness (QED) is 0.193. The zero-order chi connectivity index (χ0) is 26.0. The Balaban J connectivity index is 2.11. The first-order valence-corrected chi connectivity index (χ1v) is 13.0. The minimum Gasteiger partial charge on any atom is -0.493 e. The first-order chi connectivity index (χ1) is 16.7. The van der Waals surface area contributed by atoms with Crippen LogP contribution in [-0.2, 0) is 14.4 Å². The highest BCUT2D eigenvalue weighted by Gasteiger charge is 2.40. The summed E-state index contributed by atoms with van der Waals surface area (Å²) in [6.07, 6.45) is 8.38. The number of aliphatic carboxylic acids is 1. The fourth-order valence-electron chi connectivity index (χ4n) is 3.72. The van der Waals surface area contributed by atoms with Crippen LogP contribution in [0.1, 0.15) is 70.8 Å². The third-order valence-corrected chi connectivity index (χ3v) is 6.94. The van der Waals surface area contributed by atoms with Crippen LogP contribution in [0.25, 0.3) is 6.08 Å². The van der Waals surface area contributed by atoms with Crippen LogP contribution in [0.2, 0.25) is 0 Å². The van der Waals surface area contributed by atoms with Gasteiger partial charge in [0.1, 0.15) is 10.4 Å². The van der Waals surface area contributed by atoms with Crippen LogP contribution < -0.4 is 15.2 Å². The average Bonchev–Trinajstić information content (AvgIpc) is 3.07. The first kappa shape index (κ1) is 28.6. The summed E-state index contributed by atoms with van der Waals surface area (Å²) in [5.74, 6) is -1.25. The number of carbonyl (C=O) groups is 3. The van der Waals surface area contributed by atoms with Gasteiger partial charge in [-0.1, -0.05) is 62.7 Å². The number of thiocarbonyl (C=S) groups is 1. The van der Waals surface area contributed by atoms with Crippen molar-refractivity contribution in [2.24, 2.45) is 5.73 Å². The van der Waals surface area contributed by atoms with E-state index in [-0.39, 0.29) is 28.2 Å². The van der Waals surface area contributed by atoms with Crippen molar-refractivity contribution in [3.05, 3.63) is 28.7 Å². The molecule has 192 valence electrons. The Labute approximate surface area is 216 Å². The van der Waals surface area contributed by atoms with Gasteiger partial charge in [-0.25, -0.2) is 4.79 Å². The summed E-state index contributed by atoms with van der Waals surface area (Å²) >= 11 is 6.28. The number of carboxylic acids is 1. The molecule has 3 N–H and O–H groups in total. The molecule has 1 fully saturated rings. The van der Waals surface area contributed by atoms with Crippen LogP contribution in [0.3, 0.4) is 0 Å². The van der Waals surface area contributed by atoms with Crippen molar-refractivity contribution < 1.29 is 29.0 Å². The number of hydrogen-bond acceptors (Lipinski definition) is 7. The van der Waals surface area contributed by atoms with Crippen molar-refractivity contribution in [3.8, 4) is 11.5 Å². The summed E-state index contributed by atoms with van der Waals surface area (Å²) in [5.41, 5.74) is 5.83. The Bertz CT molecular complexity index is 965. The minimum atomic E-state index is -1.25. The maximum Gasteiger partial charge on any atom is 0.326 e. The summed E-state index contributed by atoms with van der Waals surface area (Å²) in [5, 5.41) is 9.56. The van der Waals surface area contributed by atoms with E-state index in [0.29, 0.717) is 17.1 Å². The number of rotatable bonds is 15. The van der Waals surface area contributed by atoms with Crippen LogP contribution in [0, 0.1) is 0 Å². The van der Waals surface area contributed by atoms with Gasteiger partial charge in [0.2, 0.25) is 5.91 Å². The van der Waals surface area contributed by atoms with E-state index in [1.807, 2.05) is 6.92 Å². The van der Waals surface area contributed by atoms with Crippen molar-refractivity contribution in [2.75, 3.05) is 7.11 Å². The van der Waals surface area contributed by atoms with E-state index in [2.05, 4.69) is 6.92 Å². The highest BCUT2D eigenvalue weighted by molar-refractivity contribution is 8.26. The van der Waals surface area contributed by atoms with Gasteiger partial charge in [0, 0.05) is 6.42 Å². The van der Waals surface area contributed by atoms with Crippen LogP contribution in [0.4, 0.5) is 0 Å². The summed E-state index contributed by atoms with van der Waals surface area (Å²) in [7, 11) is 1.55. The van der Waals surface area contributed by atoms with Gasteiger partial charge < -0.3 is 20.3 Å². The van der Waals surface area contributed by atoms with E-state index in [4.69, 9.17) is 27.4 Å². The molecule has 0 spiro atoms. The molecule has 2 atom stereocenters. The van der Waals surface area contributed by atoms with E-state index in [0.717, 1.165) is 29.5 Å². The average molecular weight is 523 g/mol. The lowest BCUT2D eigenvalue weighted by Gasteiger charge is -2.22. The number of carbonyl (C=O) groups excluding carboxylic acids is 2. The molecule has 1 saturated heterocycles. The van der Waals surface area contributed by atoms with E-state index in [1.165, 1.54) is 25.7 Å². The second-order valence-corrected chi connectivity index (χ2v) is 10.1. The number of nitrogens with two attached hydrogens (primary N) is 1. The lowest BCUT2D eigenvalue weighted by atomic mass is 10.1. The van der Waals surface area contributed by atoms with E-state index >= 15 is 0 Å². The number of ether oxygens (including phenoxy) is 2. The Morgan fingerprint density at radius 2 is 1.91 bits per heavy atom. The van der Waals surface area contributed by atoms with Crippen LogP contribution in [-0.4, -0.2) is 51.4 Å². The minimum absolute atomic E-state index is 0.0426. The number of methoxy groups -OCH3 is 1. The Morgan fingerprint density at radius 3 is 2.54 bits per heavy atom. The van der Waals surface area contributed by atoms with Crippen LogP contribution >= 0.6 is 24.0 Å². The van der Waals surface area contributed by atoms with Gasteiger partial charge in [-0.3, -0.25) is 14.5 Å². The lowest BCUT2D eigenvalue weighted by Crippen LogP contribution is -2.44. The lowest BCUT2D eigenvalue weighted by molar-refractivity contribution is -0.145. The van der Waals surface area contributed by atoms with Crippen molar-refractivity contribution in [1.82, 2.24) is 4.90 Å². The molecule has 35 heavy (non-hydrogen) atoms. The predicted octanol–water partition coefficient (Wildman–Crippen LogP) is 4.74. The van der Waals surface area contributed by atoms with Crippen LogP contribution in [0.15, 0.2) is 23.1 Å². The third kappa shape index (κ3) is 8.54. The molecule has 0 aromatic heterocycles. The topological polar surface area (TPSA) is 119 Å². The van der Waals surface area contributed by atoms with Crippen molar-refractivity contribution in [3.63, 3.8) is 0 Å². The Hall–Kier alpha value is -2.59. The molecule has 1 aromatic rings. The van der Waals surface area contributed by atoms with E-state index < -0.39 is 23.8 Å². The molecular formula is C25H34N2O6S2. The zero-order valence-corrected chi connectivity index (χ0v) is 22.1. The van der Waals surface area contributed by atoms with Crippen molar-refractivity contribution >= 4 is 52.2 Å². The second-order valence-electron chi connectivity index (χ2n) is 8.45. The summed E-state index contributed by atoms with van der Waals surface area (Å²) in [4.78, 5) is 37.1. The number of carboxylic acid groups (broad SMARTS) is 1. The Kier molecular flexibility index (Phi) is 11.5. The summed E-state index contributed by atoms with van der Waals surface area (Å²) in [6.45, 7) is 4.23.